The number of nitrogens with one attached hydrogen (secondary N) is 1. The van der Waals surface area contributed by atoms with Crippen LogP contribution in [0.25, 0.3) is 0 Å². The summed E-state index contributed by atoms with van der Waals surface area (Å²) in [7, 11) is 0. The first-order valence-corrected chi connectivity index (χ1v) is 6.98. The van der Waals surface area contributed by atoms with Crippen molar-refractivity contribution in [2.45, 2.75) is 38.6 Å². The first-order valence-electron chi connectivity index (χ1n) is 6.98. The smallest absolute Gasteiger partial charge is 0.227 e. The van der Waals surface area contributed by atoms with E-state index >= 15 is 0 Å². The Labute approximate surface area is 114 Å². The topological polar surface area (TPSA) is 64.3 Å². The van der Waals surface area contributed by atoms with Crippen molar-refractivity contribution in [3.05, 3.63) is 24.3 Å². The van der Waals surface area contributed by atoms with E-state index in [9.17, 15) is 4.79 Å². The average Bonchev–Trinajstić information content (AvgIpc) is 2.83. The van der Waals surface area contributed by atoms with E-state index in [1.807, 2.05) is 24.3 Å². The number of amides is 1. The van der Waals surface area contributed by atoms with Crippen LogP contribution in [0.1, 0.15) is 32.6 Å². The SMILES string of the molecule is CCCOc1cccc(NC(=O)C2CCC(N)C2)c1. The van der Waals surface area contributed by atoms with Crippen LogP contribution < -0.4 is 15.8 Å². The van der Waals surface area contributed by atoms with E-state index in [2.05, 4.69) is 12.2 Å². The van der Waals surface area contributed by atoms with E-state index in [0.717, 1.165) is 37.1 Å². The number of nitrogens with two attached hydrogens (primary N) is 1. The molecule has 2 atom stereocenters. The third kappa shape index (κ3) is 3.96. The molecule has 0 spiro atoms. The van der Waals surface area contributed by atoms with Gasteiger partial charge in [0.15, 0.2) is 0 Å². The number of rotatable bonds is 5. The first kappa shape index (κ1) is 13.9. The summed E-state index contributed by atoms with van der Waals surface area (Å²) in [4.78, 5) is 12.1. The van der Waals surface area contributed by atoms with Gasteiger partial charge in [-0.15, -0.1) is 0 Å². The number of hydrogen-bond donors (Lipinski definition) is 2. The van der Waals surface area contributed by atoms with Crippen LogP contribution in [-0.4, -0.2) is 18.6 Å². The van der Waals surface area contributed by atoms with Crippen molar-refractivity contribution in [1.29, 1.82) is 0 Å². The summed E-state index contributed by atoms with van der Waals surface area (Å²) in [5.41, 5.74) is 6.63. The second-order valence-electron chi connectivity index (χ2n) is 5.14. The Morgan fingerprint density at radius 2 is 2.32 bits per heavy atom. The summed E-state index contributed by atoms with van der Waals surface area (Å²) >= 11 is 0. The fourth-order valence-corrected chi connectivity index (χ4v) is 2.38. The zero-order valence-corrected chi connectivity index (χ0v) is 11.4. The van der Waals surface area contributed by atoms with Crippen LogP contribution in [0.2, 0.25) is 0 Å². The van der Waals surface area contributed by atoms with E-state index in [1.54, 1.807) is 0 Å². The molecule has 3 N–H and O–H groups in total. The number of hydrogen-bond acceptors (Lipinski definition) is 3. The predicted molar refractivity (Wildman–Crippen MR) is 76.2 cm³/mol. The van der Waals surface area contributed by atoms with E-state index < -0.39 is 0 Å². The molecule has 1 amide bonds. The number of anilines is 1. The lowest BCUT2D eigenvalue weighted by Gasteiger charge is -2.12. The molecule has 0 heterocycles. The minimum Gasteiger partial charge on any atom is -0.494 e. The molecule has 1 aromatic carbocycles. The maximum Gasteiger partial charge on any atom is 0.227 e. The van der Waals surface area contributed by atoms with Gasteiger partial charge in [0.25, 0.3) is 0 Å². The molecule has 0 radical (unpaired) electrons. The summed E-state index contributed by atoms with van der Waals surface area (Å²) in [6.07, 6.45) is 3.59. The Morgan fingerprint density at radius 3 is 3.00 bits per heavy atom. The van der Waals surface area contributed by atoms with Gasteiger partial charge < -0.3 is 15.8 Å². The van der Waals surface area contributed by atoms with E-state index in [-0.39, 0.29) is 17.9 Å². The molecule has 2 unspecified atom stereocenters. The summed E-state index contributed by atoms with van der Waals surface area (Å²) < 4.78 is 5.55. The summed E-state index contributed by atoms with van der Waals surface area (Å²) in [6.45, 7) is 2.75. The van der Waals surface area contributed by atoms with Crippen LogP contribution in [0, 0.1) is 5.92 Å². The van der Waals surface area contributed by atoms with Gasteiger partial charge in [0.05, 0.1) is 6.61 Å². The Morgan fingerprint density at radius 1 is 1.47 bits per heavy atom. The van der Waals surface area contributed by atoms with Crippen molar-refractivity contribution in [3.8, 4) is 5.75 Å². The van der Waals surface area contributed by atoms with Gasteiger partial charge in [-0.2, -0.15) is 0 Å². The third-order valence-corrected chi connectivity index (χ3v) is 3.42. The molecule has 0 aliphatic heterocycles. The fraction of sp³-hybridized carbons (Fsp3) is 0.533. The number of carbonyl (C=O) groups excluding carboxylic acids is 1. The summed E-state index contributed by atoms with van der Waals surface area (Å²) in [6, 6.07) is 7.71. The Balaban J connectivity index is 1.93. The zero-order valence-electron chi connectivity index (χ0n) is 11.4. The van der Waals surface area contributed by atoms with Crippen LogP contribution in [0.3, 0.4) is 0 Å². The van der Waals surface area contributed by atoms with Gasteiger partial charge in [0.1, 0.15) is 5.75 Å². The quantitative estimate of drug-likeness (QED) is 0.857. The van der Waals surface area contributed by atoms with Gasteiger partial charge in [-0.05, 0) is 37.8 Å². The highest BCUT2D eigenvalue weighted by Crippen LogP contribution is 2.26. The monoisotopic (exact) mass is 262 g/mol. The second-order valence-corrected chi connectivity index (χ2v) is 5.14. The average molecular weight is 262 g/mol. The van der Waals surface area contributed by atoms with E-state index in [1.165, 1.54) is 0 Å². The van der Waals surface area contributed by atoms with Gasteiger partial charge in [-0.3, -0.25) is 4.79 Å². The van der Waals surface area contributed by atoms with Crippen LogP contribution in [0.5, 0.6) is 5.75 Å². The van der Waals surface area contributed by atoms with Gasteiger partial charge in [-0.25, -0.2) is 0 Å². The number of ether oxygens (including phenoxy) is 1. The van der Waals surface area contributed by atoms with Crippen LogP contribution in [0.4, 0.5) is 5.69 Å². The van der Waals surface area contributed by atoms with Crippen molar-refractivity contribution < 1.29 is 9.53 Å². The maximum atomic E-state index is 12.1. The van der Waals surface area contributed by atoms with Crippen LogP contribution in [-0.2, 0) is 4.79 Å². The largest absolute Gasteiger partial charge is 0.494 e. The molecule has 1 aliphatic rings. The minimum absolute atomic E-state index is 0.0511. The molecular formula is C15H22N2O2. The van der Waals surface area contributed by atoms with Crippen molar-refractivity contribution in [2.75, 3.05) is 11.9 Å². The maximum absolute atomic E-state index is 12.1. The predicted octanol–water partition coefficient (Wildman–Crippen LogP) is 2.54. The van der Waals surface area contributed by atoms with Crippen molar-refractivity contribution in [1.82, 2.24) is 0 Å². The molecular weight excluding hydrogens is 240 g/mol. The molecule has 2 rings (SSSR count). The lowest BCUT2D eigenvalue weighted by Crippen LogP contribution is -2.23. The second kappa shape index (κ2) is 6.57. The van der Waals surface area contributed by atoms with Crippen molar-refractivity contribution in [3.63, 3.8) is 0 Å². The Hall–Kier alpha value is -1.55. The molecule has 0 bridgehead atoms. The highest BCUT2D eigenvalue weighted by molar-refractivity contribution is 5.92. The molecule has 4 nitrogen and oxygen atoms in total. The summed E-state index contributed by atoms with van der Waals surface area (Å²) in [5.74, 6) is 0.915. The summed E-state index contributed by atoms with van der Waals surface area (Å²) in [5, 5.41) is 2.95. The fourth-order valence-electron chi connectivity index (χ4n) is 2.38. The number of benzene rings is 1. The Kier molecular flexibility index (Phi) is 4.80. The minimum atomic E-state index is 0.0511. The Bertz CT molecular complexity index is 434. The van der Waals surface area contributed by atoms with E-state index in [4.69, 9.17) is 10.5 Å². The molecule has 104 valence electrons. The highest BCUT2D eigenvalue weighted by Gasteiger charge is 2.27. The molecule has 0 aromatic heterocycles. The van der Waals surface area contributed by atoms with Gasteiger partial charge in [0, 0.05) is 23.7 Å². The normalized spacial score (nSPS) is 22.2. The van der Waals surface area contributed by atoms with Crippen molar-refractivity contribution in [2.24, 2.45) is 11.7 Å². The van der Waals surface area contributed by atoms with Gasteiger partial charge in [-0.1, -0.05) is 13.0 Å². The van der Waals surface area contributed by atoms with E-state index in [0.29, 0.717) is 6.61 Å². The third-order valence-electron chi connectivity index (χ3n) is 3.42. The van der Waals surface area contributed by atoms with Gasteiger partial charge >= 0.3 is 0 Å². The van der Waals surface area contributed by atoms with Crippen molar-refractivity contribution >= 4 is 11.6 Å². The molecule has 0 saturated heterocycles. The zero-order chi connectivity index (χ0) is 13.7. The highest BCUT2D eigenvalue weighted by atomic mass is 16.5. The molecule has 1 aromatic rings. The first-order chi connectivity index (χ1) is 9.19. The lowest BCUT2D eigenvalue weighted by atomic mass is 10.1. The molecule has 4 heteroatoms. The molecule has 1 saturated carbocycles. The molecule has 19 heavy (non-hydrogen) atoms. The lowest BCUT2D eigenvalue weighted by molar-refractivity contribution is -0.119. The molecule has 1 aliphatic carbocycles. The standard InChI is InChI=1S/C15H22N2O2/c1-2-8-19-14-5-3-4-13(10-14)17-15(18)11-6-7-12(16)9-11/h3-5,10-12H,2,6-9,16H2,1H3,(H,17,18). The van der Waals surface area contributed by atoms with Crippen LogP contribution in [0.15, 0.2) is 24.3 Å². The number of carbonyl (C=O) groups is 1. The molecule has 1 fully saturated rings. The van der Waals surface area contributed by atoms with Crippen LogP contribution >= 0.6 is 0 Å². The van der Waals surface area contributed by atoms with Gasteiger partial charge in [0.2, 0.25) is 5.91 Å².